The van der Waals surface area contributed by atoms with Crippen LogP contribution in [0.5, 0.6) is 0 Å². The third kappa shape index (κ3) is 2.22. The lowest BCUT2D eigenvalue weighted by molar-refractivity contribution is 0.100. The van der Waals surface area contributed by atoms with Crippen LogP contribution in [0, 0.1) is 0 Å². The number of fused-ring (bicyclic) bond motifs is 1. The van der Waals surface area contributed by atoms with Crippen LogP contribution in [-0.4, -0.2) is 23.4 Å². The minimum absolute atomic E-state index is 0.235. The molecule has 0 bridgehead atoms. The summed E-state index contributed by atoms with van der Waals surface area (Å²) in [6.45, 7) is 1.69. The van der Waals surface area contributed by atoms with E-state index in [2.05, 4.69) is 33.5 Å². The molecule has 3 rings (SSSR count). The molecule has 0 radical (unpaired) electrons. The summed E-state index contributed by atoms with van der Waals surface area (Å²) in [5.74, 6) is -0.271. The average Bonchev–Trinajstić information content (AvgIpc) is 2.70. The lowest BCUT2D eigenvalue weighted by Crippen LogP contribution is -2.27. The van der Waals surface area contributed by atoms with E-state index in [0.29, 0.717) is 5.56 Å². The van der Waals surface area contributed by atoms with Crippen molar-refractivity contribution in [2.24, 2.45) is 5.73 Å². The Morgan fingerprint density at radius 1 is 1.20 bits per heavy atom. The Hall–Kier alpha value is -2.08. The van der Waals surface area contributed by atoms with Crippen LogP contribution in [0.2, 0.25) is 0 Å². The molecule has 0 spiro atoms. The monoisotopic (exact) mass is 288 g/mol. The first kappa shape index (κ1) is 12.9. The number of aromatic nitrogens is 1. The Labute approximate surface area is 121 Å². The van der Waals surface area contributed by atoms with Gasteiger partial charge in [0.05, 0.1) is 0 Å². The maximum Gasteiger partial charge on any atom is 0.255 e. The summed E-state index contributed by atoms with van der Waals surface area (Å²) >= 11 is 1.25. The van der Waals surface area contributed by atoms with Gasteiger partial charge in [-0.3, -0.25) is 4.79 Å². The van der Waals surface area contributed by atoms with Gasteiger partial charge in [-0.15, -0.1) is 0 Å². The largest absolute Gasteiger partial charge is 0.382 e. The van der Waals surface area contributed by atoms with Gasteiger partial charge in [0.1, 0.15) is 10.6 Å². The number of anilines is 2. The van der Waals surface area contributed by atoms with Crippen LogP contribution in [0.3, 0.4) is 0 Å². The quantitative estimate of drug-likeness (QED) is 0.875. The third-order valence-electron chi connectivity index (χ3n) is 3.65. The van der Waals surface area contributed by atoms with Gasteiger partial charge < -0.3 is 16.4 Å². The number of nitrogens with two attached hydrogens (primary N) is 2. The number of amides is 1. The number of carbonyl (C=O) groups is 1. The predicted molar refractivity (Wildman–Crippen MR) is 81.1 cm³/mol. The van der Waals surface area contributed by atoms with Gasteiger partial charge >= 0.3 is 0 Å². The highest BCUT2D eigenvalue weighted by Crippen LogP contribution is 2.31. The van der Waals surface area contributed by atoms with E-state index in [9.17, 15) is 4.79 Å². The zero-order valence-corrected chi connectivity index (χ0v) is 11.8. The Balaban J connectivity index is 1.89. The number of benzene rings is 1. The number of nitrogens with zero attached hydrogens (tertiary/aromatic N) is 2. The van der Waals surface area contributed by atoms with Gasteiger partial charge in [0.15, 0.2) is 5.82 Å². The molecule has 0 saturated carbocycles. The molecule has 0 saturated heterocycles. The van der Waals surface area contributed by atoms with Crippen molar-refractivity contribution in [1.29, 1.82) is 0 Å². The van der Waals surface area contributed by atoms with Crippen LogP contribution < -0.4 is 16.4 Å². The second kappa shape index (κ2) is 5.13. The summed E-state index contributed by atoms with van der Waals surface area (Å²) in [5.41, 5.74) is 14.3. The molecule has 6 heteroatoms. The fourth-order valence-electron chi connectivity index (χ4n) is 2.61. The number of hydrogen-bond donors (Lipinski definition) is 2. The summed E-state index contributed by atoms with van der Waals surface area (Å²) in [5, 5.41) is 0.794. The lowest BCUT2D eigenvalue weighted by Gasteiger charge is -2.20. The fourth-order valence-corrected chi connectivity index (χ4v) is 3.48. The molecule has 2 heterocycles. The van der Waals surface area contributed by atoms with Crippen molar-refractivity contribution in [3.05, 3.63) is 41.0 Å². The highest BCUT2D eigenvalue weighted by atomic mass is 32.1. The van der Waals surface area contributed by atoms with E-state index < -0.39 is 5.91 Å². The molecule has 0 fully saturated rings. The number of nitrogen functional groups attached to an aromatic ring is 1. The lowest BCUT2D eigenvalue weighted by atomic mass is 10.0. The van der Waals surface area contributed by atoms with E-state index >= 15 is 0 Å². The van der Waals surface area contributed by atoms with Crippen molar-refractivity contribution in [3.8, 4) is 0 Å². The molecule has 1 aromatic carbocycles. The van der Waals surface area contributed by atoms with Crippen molar-refractivity contribution in [2.75, 3.05) is 23.7 Å². The van der Waals surface area contributed by atoms with Crippen molar-refractivity contribution in [2.45, 2.75) is 12.8 Å². The Bertz CT molecular complexity index is 625. The molecule has 1 aliphatic rings. The van der Waals surface area contributed by atoms with Crippen molar-refractivity contribution < 1.29 is 4.79 Å². The second-order valence-electron chi connectivity index (χ2n) is 4.87. The molecule has 1 aliphatic heterocycles. The van der Waals surface area contributed by atoms with Gasteiger partial charge in [-0.1, -0.05) is 24.3 Å². The molecule has 0 aliphatic carbocycles. The normalized spacial score (nSPS) is 14.7. The first-order valence-electron chi connectivity index (χ1n) is 6.53. The van der Waals surface area contributed by atoms with E-state index in [1.807, 2.05) is 0 Å². The highest BCUT2D eigenvalue weighted by Gasteiger charge is 2.23. The van der Waals surface area contributed by atoms with Crippen LogP contribution in [0.1, 0.15) is 21.5 Å². The first-order valence-corrected chi connectivity index (χ1v) is 7.31. The first-order chi connectivity index (χ1) is 9.66. The van der Waals surface area contributed by atoms with Gasteiger partial charge in [-0.2, -0.15) is 4.37 Å². The Morgan fingerprint density at radius 3 is 2.35 bits per heavy atom. The van der Waals surface area contributed by atoms with Gasteiger partial charge in [-0.05, 0) is 35.5 Å². The van der Waals surface area contributed by atoms with Gasteiger partial charge in [-0.25, -0.2) is 0 Å². The molecule has 5 nitrogen and oxygen atoms in total. The summed E-state index contributed by atoms with van der Waals surface area (Å²) in [6.07, 6.45) is 1.90. The standard InChI is InChI=1S/C14H16N4OS/c15-12-11(13(16)19)14(20-17-12)18-7-5-9-3-1-2-4-10(9)6-8-18/h1-4H,5-8H2,(H2,15,17)(H2,16,19). The van der Waals surface area contributed by atoms with E-state index in [1.54, 1.807) is 0 Å². The molecule has 104 valence electrons. The summed E-state index contributed by atoms with van der Waals surface area (Å²) in [4.78, 5) is 13.7. The summed E-state index contributed by atoms with van der Waals surface area (Å²) < 4.78 is 4.07. The molecule has 1 aromatic heterocycles. The molecular formula is C14H16N4OS. The Kier molecular flexibility index (Phi) is 3.31. The minimum atomic E-state index is -0.506. The van der Waals surface area contributed by atoms with Crippen LogP contribution in [0.25, 0.3) is 0 Å². The van der Waals surface area contributed by atoms with Crippen LogP contribution >= 0.6 is 11.5 Å². The predicted octanol–water partition coefficient (Wildman–Crippen LogP) is 1.43. The second-order valence-corrected chi connectivity index (χ2v) is 5.62. The van der Waals surface area contributed by atoms with Gasteiger partial charge in [0.2, 0.25) is 0 Å². The molecule has 0 atom stereocenters. The number of hydrogen-bond acceptors (Lipinski definition) is 5. The molecule has 20 heavy (non-hydrogen) atoms. The van der Waals surface area contributed by atoms with Gasteiger partial charge in [0, 0.05) is 13.1 Å². The van der Waals surface area contributed by atoms with Gasteiger partial charge in [0.25, 0.3) is 5.91 Å². The number of carbonyl (C=O) groups excluding carboxylic acids is 1. The smallest absolute Gasteiger partial charge is 0.255 e. The highest BCUT2D eigenvalue weighted by molar-refractivity contribution is 7.11. The van der Waals surface area contributed by atoms with E-state index in [-0.39, 0.29) is 5.82 Å². The maximum absolute atomic E-state index is 11.5. The maximum atomic E-state index is 11.5. The molecule has 1 amide bonds. The average molecular weight is 288 g/mol. The molecule has 2 aromatic rings. The van der Waals surface area contributed by atoms with E-state index in [1.165, 1.54) is 22.7 Å². The third-order valence-corrected chi connectivity index (χ3v) is 4.58. The van der Waals surface area contributed by atoms with Crippen LogP contribution in [0.15, 0.2) is 24.3 Å². The molecule has 4 N–H and O–H groups in total. The minimum Gasteiger partial charge on any atom is -0.382 e. The zero-order valence-electron chi connectivity index (χ0n) is 11.0. The van der Waals surface area contributed by atoms with Crippen molar-refractivity contribution in [1.82, 2.24) is 4.37 Å². The topological polar surface area (TPSA) is 85.2 Å². The SMILES string of the molecule is NC(=O)c1c(N)nsc1N1CCc2ccccc2CC1. The van der Waals surface area contributed by atoms with Crippen LogP contribution in [0.4, 0.5) is 10.8 Å². The number of primary amides is 1. The van der Waals surface area contributed by atoms with E-state index in [4.69, 9.17) is 11.5 Å². The summed E-state index contributed by atoms with van der Waals surface area (Å²) in [7, 11) is 0. The molecule has 0 unspecified atom stereocenters. The number of rotatable bonds is 2. The zero-order chi connectivity index (χ0) is 14.1. The summed E-state index contributed by atoms with van der Waals surface area (Å²) in [6, 6.07) is 8.45. The van der Waals surface area contributed by atoms with Crippen molar-refractivity contribution >= 4 is 28.3 Å². The van der Waals surface area contributed by atoms with E-state index in [0.717, 1.165) is 30.9 Å². The van der Waals surface area contributed by atoms with Crippen molar-refractivity contribution in [3.63, 3.8) is 0 Å². The van der Waals surface area contributed by atoms with Crippen LogP contribution in [-0.2, 0) is 12.8 Å². The molecular weight excluding hydrogens is 272 g/mol. The fraction of sp³-hybridized carbons (Fsp3) is 0.286. The Morgan fingerprint density at radius 2 is 1.80 bits per heavy atom.